The summed E-state index contributed by atoms with van der Waals surface area (Å²) in [7, 11) is 6.87. The second-order valence-electron chi connectivity index (χ2n) is 2.61. The zero-order valence-corrected chi connectivity index (χ0v) is 6.97. The highest BCUT2D eigenvalue weighted by molar-refractivity contribution is 6.59. The van der Waals surface area contributed by atoms with Crippen LogP contribution in [0.5, 0.6) is 0 Å². The van der Waals surface area contributed by atoms with Crippen LogP contribution >= 0.6 is 0 Å². The number of hydrogen-bond acceptors (Lipinski definition) is 3. The largest absolute Gasteiger partial charge is 0.322 e. The Labute approximate surface area is 69.1 Å². The van der Waals surface area contributed by atoms with Crippen LogP contribution in [0.2, 0.25) is 0 Å². The molecule has 62 valence electrons. The van der Waals surface area contributed by atoms with Gasteiger partial charge in [0.15, 0.2) is 7.85 Å². The van der Waals surface area contributed by atoms with Crippen LogP contribution in [0.4, 0.5) is 0 Å². The van der Waals surface area contributed by atoms with Crippen molar-refractivity contribution in [3.63, 3.8) is 0 Å². The summed E-state index contributed by atoms with van der Waals surface area (Å²) in [5.74, 6) is 0. The van der Waals surface area contributed by atoms with Crippen LogP contribution in [0.15, 0.2) is 0 Å². The van der Waals surface area contributed by atoms with Gasteiger partial charge in [-0.3, -0.25) is 0 Å². The normalized spacial score (nSPS) is 12.9. The third-order valence-electron chi connectivity index (χ3n) is 1.56. The van der Waals surface area contributed by atoms with Crippen molar-refractivity contribution in [2.24, 2.45) is 5.73 Å². The van der Waals surface area contributed by atoms with Crippen molar-refractivity contribution in [1.29, 1.82) is 0 Å². The summed E-state index contributed by atoms with van der Waals surface area (Å²) in [6.07, 6.45) is 2.68. The summed E-state index contributed by atoms with van der Waals surface area (Å²) in [6, 6.07) is -0.466. The zero-order chi connectivity index (χ0) is 8.69. The summed E-state index contributed by atoms with van der Waals surface area (Å²) in [6.45, 7) is 0.964. The van der Waals surface area contributed by atoms with Crippen molar-refractivity contribution >= 4 is 13.5 Å². The highest BCUT2D eigenvalue weighted by Crippen LogP contribution is 1.97. The van der Waals surface area contributed by atoms with Crippen molar-refractivity contribution in [3.05, 3.63) is 0 Å². The molecule has 3 N–H and O–H groups in total. The van der Waals surface area contributed by atoms with E-state index in [0.717, 1.165) is 19.4 Å². The van der Waals surface area contributed by atoms with Gasteiger partial charge < -0.3 is 15.8 Å². The number of unbranched alkanes of at least 4 members (excludes halogenated alkanes) is 1. The molecule has 0 rings (SSSR count). The number of carbonyl (C=O) groups excluding carboxylic acids is 1. The first kappa shape index (κ1) is 10.7. The van der Waals surface area contributed by atoms with Gasteiger partial charge in [-0.25, -0.2) is 0 Å². The fourth-order valence-corrected chi connectivity index (χ4v) is 0.808. The van der Waals surface area contributed by atoms with Crippen LogP contribution in [0, 0.1) is 0 Å². The van der Waals surface area contributed by atoms with E-state index < -0.39 is 11.7 Å². The lowest BCUT2D eigenvalue weighted by molar-refractivity contribution is -0.113. The summed E-state index contributed by atoms with van der Waals surface area (Å²) in [5.41, 5.74) is 5.00. The SMILES string of the molecule is [B]C(=O)[C@@H](N)CCCCNC. The van der Waals surface area contributed by atoms with Gasteiger partial charge in [-0.1, -0.05) is 6.42 Å². The Bertz CT molecular complexity index is 119. The lowest BCUT2D eigenvalue weighted by Crippen LogP contribution is -2.30. The first-order valence-corrected chi connectivity index (χ1v) is 3.88. The fraction of sp³-hybridized carbons (Fsp3) is 0.857. The van der Waals surface area contributed by atoms with Crippen molar-refractivity contribution in [1.82, 2.24) is 5.32 Å². The first-order chi connectivity index (χ1) is 5.18. The Balaban J connectivity index is 3.17. The van der Waals surface area contributed by atoms with Crippen LogP contribution in [0.25, 0.3) is 0 Å². The third kappa shape index (κ3) is 6.07. The molecule has 0 spiro atoms. The van der Waals surface area contributed by atoms with E-state index in [4.69, 9.17) is 13.6 Å². The Kier molecular flexibility index (Phi) is 6.17. The van der Waals surface area contributed by atoms with Gasteiger partial charge in [0.1, 0.15) is 0 Å². The van der Waals surface area contributed by atoms with Crippen LogP contribution in [-0.2, 0) is 4.79 Å². The van der Waals surface area contributed by atoms with Gasteiger partial charge in [-0.05, 0) is 26.4 Å². The maximum atomic E-state index is 10.4. The highest BCUT2D eigenvalue weighted by Gasteiger charge is 2.05. The van der Waals surface area contributed by atoms with Gasteiger partial charge in [-0.2, -0.15) is 0 Å². The lowest BCUT2D eigenvalue weighted by Gasteiger charge is -2.06. The minimum Gasteiger partial charge on any atom is -0.322 e. The number of nitrogens with two attached hydrogens (primary N) is 1. The second kappa shape index (κ2) is 6.37. The van der Waals surface area contributed by atoms with Gasteiger partial charge in [0, 0.05) is 0 Å². The molecule has 0 aliphatic carbocycles. The number of nitrogens with one attached hydrogen (secondary N) is 1. The second-order valence-corrected chi connectivity index (χ2v) is 2.61. The Morgan fingerprint density at radius 3 is 2.73 bits per heavy atom. The maximum absolute atomic E-state index is 10.4. The van der Waals surface area contributed by atoms with Crippen LogP contribution < -0.4 is 11.1 Å². The van der Waals surface area contributed by atoms with E-state index in [2.05, 4.69) is 5.32 Å². The first-order valence-electron chi connectivity index (χ1n) is 3.88. The van der Waals surface area contributed by atoms with E-state index in [-0.39, 0.29) is 0 Å². The number of carbonyl (C=O) groups is 1. The molecule has 0 aromatic rings. The smallest absolute Gasteiger partial charge is 0.170 e. The van der Waals surface area contributed by atoms with E-state index in [9.17, 15) is 4.79 Å². The van der Waals surface area contributed by atoms with Crippen LogP contribution in [-0.4, -0.2) is 33.2 Å². The summed E-state index contributed by atoms with van der Waals surface area (Å²) < 4.78 is 0. The summed E-state index contributed by atoms with van der Waals surface area (Å²) >= 11 is 0. The topological polar surface area (TPSA) is 55.1 Å². The summed E-state index contributed by atoms with van der Waals surface area (Å²) in [4.78, 5) is 10.4. The molecule has 0 heterocycles. The molecule has 0 saturated carbocycles. The minimum absolute atomic E-state index is 0.408. The molecule has 0 aliphatic rings. The van der Waals surface area contributed by atoms with E-state index in [1.54, 1.807) is 0 Å². The molecule has 0 aromatic heterocycles. The van der Waals surface area contributed by atoms with Crippen molar-refractivity contribution < 1.29 is 4.79 Å². The predicted molar refractivity (Wildman–Crippen MR) is 46.5 cm³/mol. The zero-order valence-electron chi connectivity index (χ0n) is 6.97. The molecule has 3 nitrogen and oxygen atoms in total. The van der Waals surface area contributed by atoms with E-state index in [1.807, 2.05) is 7.05 Å². The van der Waals surface area contributed by atoms with E-state index in [1.165, 1.54) is 0 Å². The number of rotatable bonds is 6. The van der Waals surface area contributed by atoms with Crippen LogP contribution in [0.1, 0.15) is 19.3 Å². The molecule has 0 amide bonds. The minimum atomic E-state index is -0.466. The quantitative estimate of drug-likeness (QED) is 0.396. The van der Waals surface area contributed by atoms with Gasteiger partial charge in [-0.15, -0.1) is 0 Å². The molecule has 0 bridgehead atoms. The molecule has 0 aromatic carbocycles. The molecule has 0 saturated heterocycles. The van der Waals surface area contributed by atoms with Crippen molar-refractivity contribution in [2.45, 2.75) is 25.3 Å². The molecule has 11 heavy (non-hydrogen) atoms. The van der Waals surface area contributed by atoms with Gasteiger partial charge in [0.05, 0.1) is 11.7 Å². The van der Waals surface area contributed by atoms with E-state index >= 15 is 0 Å². The average Bonchev–Trinajstić information content (AvgIpc) is 1.97. The standard InChI is InChI=1S/C7H15BN2O/c1-10-5-3-2-4-6(9)7(8)11/h6,10H,2-5,9H2,1H3/t6-/m0/s1. The fourth-order valence-electron chi connectivity index (χ4n) is 0.808. The van der Waals surface area contributed by atoms with Crippen molar-refractivity contribution in [2.75, 3.05) is 13.6 Å². The Morgan fingerprint density at radius 1 is 1.64 bits per heavy atom. The molecule has 1 atom stereocenters. The van der Waals surface area contributed by atoms with Gasteiger partial charge in [0.25, 0.3) is 0 Å². The molecular weight excluding hydrogens is 139 g/mol. The molecule has 4 heteroatoms. The molecular formula is C7H15BN2O. The van der Waals surface area contributed by atoms with Gasteiger partial charge >= 0.3 is 0 Å². The summed E-state index contributed by atoms with van der Waals surface area (Å²) in [5, 5.41) is 3.01. The van der Waals surface area contributed by atoms with Crippen LogP contribution in [0.3, 0.4) is 0 Å². The monoisotopic (exact) mass is 154 g/mol. The molecule has 0 aliphatic heterocycles. The Morgan fingerprint density at radius 2 is 2.27 bits per heavy atom. The highest BCUT2D eigenvalue weighted by atomic mass is 16.1. The number of hydrogen-bond donors (Lipinski definition) is 2. The molecule has 0 unspecified atom stereocenters. The third-order valence-corrected chi connectivity index (χ3v) is 1.56. The van der Waals surface area contributed by atoms with Crippen molar-refractivity contribution in [3.8, 4) is 0 Å². The maximum Gasteiger partial charge on any atom is 0.170 e. The lowest BCUT2D eigenvalue weighted by atomic mass is 9.92. The van der Waals surface area contributed by atoms with Gasteiger partial charge in [0.2, 0.25) is 0 Å². The molecule has 0 fully saturated rings. The van der Waals surface area contributed by atoms with E-state index in [0.29, 0.717) is 6.42 Å². The Hall–Kier alpha value is -0.345. The average molecular weight is 154 g/mol. The predicted octanol–water partition coefficient (Wildman–Crippen LogP) is -0.602. The molecule has 2 radical (unpaired) electrons.